The van der Waals surface area contributed by atoms with Crippen molar-refractivity contribution >= 4 is 0 Å². The van der Waals surface area contributed by atoms with E-state index < -0.39 is 0 Å². The zero-order valence-electron chi connectivity index (χ0n) is 11.7. The van der Waals surface area contributed by atoms with Gasteiger partial charge in [-0.1, -0.05) is 48.5 Å². The van der Waals surface area contributed by atoms with Crippen LogP contribution in [0.5, 0.6) is 11.5 Å². The molecule has 2 heteroatoms. The van der Waals surface area contributed by atoms with Gasteiger partial charge in [-0.25, -0.2) is 0 Å². The van der Waals surface area contributed by atoms with Crippen molar-refractivity contribution in [2.24, 2.45) is 5.73 Å². The van der Waals surface area contributed by atoms with Gasteiger partial charge in [-0.05, 0) is 47.0 Å². The van der Waals surface area contributed by atoms with Crippen LogP contribution in [0, 0.1) is 0 Å². The van der Waals surface area contributed by atoms with Crippen LogP contribution in [0.25, 0.3) is 11.1 Å². The number of ether oxygens (including phenoxy) is 1. The number of hydrogen-bond donors (Lipinski definition) is 1. The lowest BCUT2D eigenvalue weighted by atomic mass is 10.0. The molecule has 0 aliphatic carbocycles. The second-order valence-electron chi connectivity index (χ2n) is 4.85. The predicted molar refractivity (Wildman–Crippen MR) is 86.3 cm³/mol. The Bertz CT molecular complexity index is 722. The summed E-state index contributed by atoms with van der Waals surface area (Å²) in [4.78, 5) is 0. The van der Waals surface area contributed by atoms with E-state index in [2.05, 4.69) is 18.2 Å². The molecule has 0 fully saturated rings. The summed E-state index contributed by atoms with van der Waals surface area (Å²) < 4.78 is 5.87. The SMILES string of the molecule is NCc1cccc(-c2cccc(Oc3ccccc3)c2)c1. The van der Waals surface area contributed by atoms with Gasteiger partial charge < -0.3 is 10.5 Å². The molecule has 0 unspecified atom stereocenters. The number of rotatable bonds is 4. The summed E-state index contributed by atoms with van der Waals surface area (Å²) >= 11 is 0. The normalized spacial score (nSPS) is 10.3. The molecule has 0 aliphatic rings. The van der Waals surface area contributed by atoms with Gasteiger partial charge in [0.15, 0.2) is 0 Å². The molecular weight excluding hydrogens is 258 g/mol. The second-order valence-corrected chi connectivity index (χ2v) is 4.85. The van der Waals surface area contributed by atoms with E-state index in [1.54, 1.807) is 0 Å². The van der Waals surface area contributed by atoms with Crippen LogP contribution in [-0.4, -0.2) is 0 Å². The number of para-hydroxylation sites is 1. The molecule has 3 aromatic rings. The minimum Gasteiger partial charge on any atom is -0.457 e. The maximum absolute atomic E-state index is 5.87. The third-order valence-corrected chi connectivity index (χ3v) is 3.31. The molecule has 3 aromatic carbocycles. The van der Waals surface area contributed by atoms with Crippen LogP contribution in [0.3, 0.4) is 0 Å². The van der Waals surface area contributed by atoms with Gasteiger partial charge in [0.05, 0.1) is 0 Å². The fraction of sp³-hybridized carbons (Fsp3) is 0.0526. The van der Waals surface area contributed by atoms with Gasteiger partial charge >= 0.3 is 0 Å². The average molecular weight is 275 g/mol. The molecule has 0 radical (unpaired) electrons. The van der Waals surface area contributed by atoms with Crippen LogP contribution in [0.1, 0.15) is 5.56 Å². The first kappa shape index (κ1) is 13.4. The van der Waals surface area contributed by atoms with E-state index >= 15 is 0 Å². The van der Waals surface area contributed by atoms with E-state index in [1.165, 1.54) is 0 Å². The second kappa shape index (κ2) is 6.25. The highest BCUT2D eigenvalue weighted by Gasteiger charge is 2.02. The van der Waals surface area contributed by atoms with E-state index in [0.717, 1.165) is 28.2 Å². The zero-order valence-corrected chi connectivity index (χ0v) is 11.7. The molecule has 0 saturated heterocycles. The van der Waals surface area contributed by atoms with Crippen LogP contribution in [0.2, 0.25) is 0 Å². The van der Waals surface area contributed by atoms with Gasteiger partial charge in [0.2, 0.25) is 0 Å². The molecule has 0 amide bonds. The molecule has 3 rings (SSSR count). The predicted octanol–water partition coefficient (Wildman–Crippen LogP) is 4.60. The number of benzene rings is 3. The van der Waals surface area contributed by atoms with Crippen LogP contribution < -0.4 is 10.5 Å². The fourth-order valence-electron chi connectivity index (χ4n) is 2.24. The van der Waals surface area contributed by atoms with Gasteiger partial charge in [-0.15, -0.1) is 0 Å². The van der Waals surface area contributed by atoms with Crippen LogP contribution in [0.4, 0.5) is 0 Å². The van der Waals surface area contributed by atoms with Crippen molar-refractivity contribution in [1.29, 1.82) is 0 Å². The van der Waals surface area contributed by atoms with E-state index in [9.17, 15) is 0 Å². The molecule has 0 bridgehead atoms. The molecule has 21 heavy (non-hydrogen) atoms. The van der Waals surface area contributed by atoms with Crippen LogP contribution >= 0.6 is 0 Å². The minimum absolute atomic E-state index is 0.550. The number of nitrogens with two attached hydrogens (primary N) is 1. The Labute approximate surface area is 124 Å². The van der Waals surface area contributed by atoms with Crippen molar-refractivity contribution in [3.8, 4) is 22.6 Å². The van der Waals surface area contributed by atoms with Gasteiger partial charge in [-0.2, -0.15) is 0 Å². The van der Waals surface area contributed by atoms with Crippen molar-refractivity contribution in [3.63, 3.8) is 0 Å². The third-order valence-electron chi connectivity index (χ3n) is 3.31. The smallest absolute Gasteiger partial charge is 0.128 e. The van der Waals surface area contributed by atoms with E-state index in [1.807, 2.05) is 60.7 Å². The van der Waals surface area contributed by atoms with Crippen molar-refractivity contribution < 1.29 is 4.74 Å². The molecule has 0 spiro atoms. The highest BCUT2D eigenvalue weighted by Crippen LogP contribution is 2.27. The molecule has 2 N–H and O–H groups in total. The summed E-state index contributed by atoms with van der Waals surface area (Å²) in [5, 5.41) is 0. The lowest BCUT2D eigenvalue weighted by Crippen LogP contribution is -1.95. The van der Waals surface area contributed by atoms with E-state index in [-0.39, 0.29) is 0 Å². The summed E-state index contributed by atoms with van der Waals surface area (Å²) in [5.74, 6) is 1.67. The summed E-state index contributed by atoms with van der Waals surface area (Å²) in [6.45, 7) is 0.550. The lowest BCUT2D eigenvalue weighted by Gasteiger charge is -2.08. The molecular formula is C19H17NO. The third kappa shape index (κ3) is 3.30. The number of hydrogen-bond acceptors (Lipinski definition) is 2. The fourth-order valence-corrected chi connectivity index (χ4v) is 2.24. The quantitative estimate of drug-likeness (QED) is 0.755. The van der Waals surface area contributed by atoms with Gasteiger partial charge in [0.1, 0.15) is 11.5 Å². The van der Waals surface area contributed by atoms with Crippen molar-refractivity contribution in [1.82, 2.24) is 0 Å². The van der Waals surface area contributed by atoms with Gasteiger partial charge in [-0.3, -0.25) is 0 Å². The monoisotopic (exact) mass is 275 g/mol. The maximum Gasteiger partial charge on any atom is 0.128 e. The Hall–Kier alpha value is -2.58. The van der Waals surface area contributed by atoms with Gasteiger partial charge in [0, 0.05) is 6.54 Å². The first-order valence-electron chi connectivity index (χ1n) is 6.97. The first-order valence-corrected chi connectivity index (χ1v) is 6.97. The van der Waals surface area contributed by atoms with Crippen molar-refractivity contribution in [3.05, 3.63) is 84.4 Å². The lowest BCUT2D eigenvalue weighted by molar-refractivity contribution is 0.483. The molecule has 0 atom stereocenters. The summed E-state index contributed by atoms with van der Waals surface area (Å²) in [6, 6.07) is 26.1. The molecule has 2 nitrogen and oxygen atoms in total. The van der Waals surface area contributed by atoms with Crippen LogP contribution in [0.15, 0.2) is 78.9 Å². The summed E-state index contributed by atoms with van der Waals surface area (Å²) in [5.41, 5.74) is 9.10. The van der Waals surface area contributed by atoms with Crippen molar-refractivity contribution in [2.75, 3.05) is 0 Å². The highest BCUT2D eigenvalue weighted by atomic mass is 16.5. The Balaban J connectivity index is 1.89. The molecule has 0 saturated carbocycles. The Morgan fingerprint density at radius 1 is 0.667 bits per heavy atom. The summed E-state index contributed by atoms with van der Waals surface area (Å²) in [6.07, 6.45) is 0. The maximum atomic E-state index is 5.87. The topological polar surface area (TPSA) is 35.2 Å². The standard InChI is InChI=1S/C19H17NO/c20-14-15-6-4-7-16(12-15)17-8-5-11-19(13-17)21-18-9-2-1-3-10-18/h1-13H,14,20H2. The minimum atomic E-state index is 0.550. The highest BCUT2D eigenvalue weighted by molar-refractivity contribution is 5.66. The van der Waals surface area contributed by atoms with Crippen LogP contribution in [-0.2, 0) is 6.54 Å². The molecule has 0 aliphatic heterocycles. The van der Waals surface area contributed by atoms with Crippen molar-refractivity contribution in [2.45, 2.75) is 6.54 Å². The first-order chi connectivity index (χ1) is 10.3. The Morgan fingerprint density at radius 3 is 2.10 bits per heavy atom. The average Bonchev–Trinajstić information content (AvgIpc) is 2.56. The molecule has 0 aromatic heterocycles. The van der Waals surface area contributed by atoms with E-state index in [4.69, 9.17) is 10.5 Å². The Morgan fingerprint density at radius 2 is 1.33 bits per heavy atom. The summed E-state index contributed by atoms with van der Waals surface area (Å²) in [7, 11) is 0. The molecule has 0 heterocycles. The Kier molecular flexibility index (Phi) is 3.99. The molecule has 104 valence electrons. The van der Waals surface area contributed by atoms with Gasteiger partial charge in [0.25, 0.3) is 0 Å². The zero-order chi connectivity index (χ0) is 14.5. The largest absolute Gasteiger partial charge is 0.457 e. The van der Waals surface area contributed by atoms with E-state index in [0.29, 0.717) is 6.54 Å².